The number of aryl methyl sites for hydroxylation is 2. The maximum absolute atomic E-state index is 12.3. The smallest absolute Gasteiger partial charge is 0.213 e. The summed E-state index contributed by atoms with van der Waals surface area (Å²) >= 11 is 0. The van der Waals surface area contributed by atoms with Gasteiger partial charge in [0.1, 0.15) is 0 Å². The molecular formula is C15H26N2O4S2. The zero-order valence-electron chi connectivity index (χ0n) is 14.2. The summed E-state index contributed by atoms with van der Waals surface area (Å²) < 4.78 is 51.9. The largest absolute Gasteiger partial charge is 0.240 e. The number of rotatable bonds is 9. The lowest BCUT2D eigenvalue weighted by Gasteiger charge is -2.20. The van der Waals surface area contributed by atoms with Crippen molar-refractivity contribution in [3.8, 4) is 0 Å². The van der Waals surface area contributed by atoms with E-state index in [0.717, 1.165) is 24.7 Å². The van der Waals surface area contributed by atoms with Gasteiger partial charge in [0.25, 0.3) is 0 Å². The Labute approximate surface area is 140 Å². The van der Waals surface area contributed by atoms with Crippen LogP contribution < -0.4 is 4.72 Å². The third kappa shape index (κ3) is 6.21. The van der Waals surface area contributed by atoms with E-state index in [4.69, 9.17) is 0 Å². The maximum atomic E-state index is 12.3. The van der Waals surface area contributed by atoms with Crippen molar-refractivity contribution < 1.29 is 16.8 Å². The minimum absolute atomic E-state index is 0.0480. The van der Waals surface area contributed by atoms with E-state index in [1.165, 1.54) is 4.31 Å². The molecule has 0 aliphatic heterocycles. The minimum atomic E-state index is -3.64. The van der Waals surface area contributed by atoms with Crippen LogP contribution in [0.1, 0.15) is 30.9 Å². The summed E-state index contributed by atoms with van der Waals surface area (Å²) in [7, 11) is -6.98. The second kappa shape index (κ2) is 8.23. The number of hydrogen-bond donors (Lipinski definition) is 1. The van der Waals surface area contributed by atoms with Crippen LogP contribution in [0.4, 0.5) is 0 Å². The van der Waals surface area contributed by atoms with E-state index in [2.05, 4.69) is 4.72 Å². The van der Waals surface area contributed by atoms with Crippen LogP contribution in [0.2, 0.25) is 0 Å². The average Bonchev–Trinajstić information content (AvgIpc) is 2.40. The molecule has 1 aromatic carbocycles. The fourth-order valence-corrected chi connectivity index (χ4v) is 4.39. The van der Waals surface area contributed by atoms with Gasteiger partial charge in [-0.3, -0.25) is 0 Å². The minimum Gasteiger partial charge on any atom is -0.213 e. The molecule has 0 saturated heterocycles. The van der Waals surface area contributed by atoms with E-state index in [1.54, 1.807) is 25.1 Å². The van der Waals surface area contributed by atoms with Crippen LogP contribution in [0.15, 0.2) is 23.1 Å². The zero-order chi connectivity index (χ0) is 17.7. The predicted octanol–water partition coefficient (Wildman–Crippen LogP) is 1.64. The standard InChI is InChI=1S/C15H26N2O4S2/c1-5-6-10-17(22(4,18)19)11-9-16-23(20,21)15-8-7-13(2)12-14(15)3/h7-8,12,16H,5-6,9-11H2,1-4H3. The number of sulfonamides is 2. The molecule has 0 aromatic heterocycles. The van der Waals surface area contributed by atoms with E-state index >= 15 is 0 Å². The lowest BCUT2D eigenvalue weighted by molar-refractivity contribution is 0.408. The average molecular weight is 363 g/mol. The molecule has 23 heavy (non-hydrogen) atoms. The molecule has 8 heteroatoms. The van der Waals surface area contributed by atoms with E-state index < -0.39 is 20.0 Å². The van der Waals surface area contributed by atoms with Crippen LogP contribution in [0.3, 0.4) is 0 Å². The Kier molecular flexibility index (Phi) is 7.19. The highest BCUT2D eigenvalue weighted by atomic mass is 32.2. The third-order valence-electron chi connectivity index (χ3n) is 3.50. The summed E-state index contributed by atoms with van der Waals surface area (Å²) in [6, 6.07) is 5.11. The van der Waals surface area contributed by atoms with E-state index in [9.17, 15) is 16.8 Å². The van der Waals surface area contributed by atoms with Gasteiger partial charge in [-0.15, -0.1) is 0 Å². The van der Waals surface area contributed by atoms with Crippen LogP contribution in [0, 0.1) is 13.8 Å². The van der Waals surface area contributed by atoms with Crippen molar-refractivity contribution in [2.24, 2.45) is 0 Å². The van der Waals surface area contributed by atoms with Crippen LogP contribution >= 0.6 is 0 Å². The van der Waals surface area contributed by atoms with Crippen molar-refractivity contribution in [1.29, 1.82) is 0 Å². The normalized spacial score (nSPS) is 12.7. The van der Waals surface area contributed by atoms with Crippen LogP contribution in [-0.2, 0) is 20.0 Å². The van der Waals surface area contributed by atoms with Crippen molar-refractivity contribution in [3.63, 3.8) is 0 Å². The molecule has 0 radical (unpaired) electrons. The van der Waals surface area contributed by atoms with Crippen molar-refractivity contribution in [1.82, 2.24) is 9.03 Å². The lowest BCUT2D eigenvalue weighted by Crippen LogP contribution is -2.38. The Morgan fingerprint density at radius 3 is 2.26 bits per heavy atom. The molecule has 6 nitrogen and oxygen atoms in total. The second-order valence-electron chi connectivity index (χ2n) is 5.68. The van der Waals surface area contributed by atoms with Crippen molar-refractivity contribution >= 4 is 20.0 Å². The molecule has 0 saturated carbocycles. The highest BCUT2D eigenvalue weighted by Gasteiger charge is 2.19. The van der Waals surface area contributed by atoms with Gasteiger partial charge in [0.2, 0.25) is 20.0 Å². The molecule has 0 spiro atoms. The van der Waals surface area contributed by atoms with Gasteiger partial charge in [0.05, 0.1) is 11.2 Å². The number of benzene rings is 1. The van der Waals surface area contributed by atoms with Gasteiger partial charge in [-0.2, -0.15) is 0 Å². The molecule has 0 unspecified atom stereocenters. The lowest BCUT2D eigenvalue weighted by atomic mass is 10.2. The highest BCUT2D eigenvalue weighted by Crippen LogP contribution is 2.16. The quantitative estimate of drug-likeness (QED) is 0.724. The molecule has 0 bridgehead atoms. The first-order valence-electron chi connectivity index (χ1n) is 7.60. The van der Waals surface area contributed by atoms with Gasteiger partial charge in [-0.1, -0.05) is 31.0 Å². The van der Waals surface area contributed by atoms with Gasteiger partial charge in [-0.25, -0.2) is 25.9 Å². The third-order valence-corrected chi connectivity index (χ3v) is 6.43. The Morgan fingerprint density at radius 2 is 1.74 bits per heavy atom. The van der Waals surface area contributed by atoms with Crippen molar-refractivity contribution in [3.05, 3.63) is 29.3 Å². The van der Waals surface area contributed by atoms with E-state index in [1.807, 2.05) is 13.8 Å². The van der Waals surface area contributed by atoms with Crippen LogP contribution in [0.25, 0.3) is 0 Å². The van der Waals surface area contributed by atoms with Gasteiger partial charge in [-0.05, 0) is 31.9 Å². The molecule has 0 aliphatic rings. The molecular weight excluding hydrogens is 336 g/mol. The van der Waals surface area contributed by atoms with Gasteiger partial charge < -0.3 is 0 Å². The summed E-state index contributed by atoms with van der Waals surface area (Å²) in [5.41, 5.74) is 1.66. The first-order valence-corrected chi connectivity index (χ1v) is 10.9. The fourth-order valence-electron chi connectivity index (χ4n) is 2.26. The molecule has 0 atom stereocenters. The molecule has 0 fully saturated rings. The zero-order valence-corrected chi connectivity index (χ0v) is 15.8. The van der Waals surface area contributed by atoms with Gasteiger partial charge in [0, 0.05) is 19.6 Å². The van der Waals surface area contributed by atoms with Crippen molar-refractivity contribution in [2.45, 2.75) is 38.5 Å². The Bertz CT molecular complexity index is 728. The molecule has 0 amide bonds. The predicted molar refractivity (Wildman–Crippen MR) is 92.4 cm³/mol. The summed E-state index contributed by atoms with van der Waals surface area (Å²) in [6.07, 6.45) is 2.76. The molecule has 1 aromatic rings. The first kappa shape index (κ1) is 20.1. The molecule has 132 valence electrons. The summed E-state index contributed by atoms with van der Waals surface area (Å²) in [5.74, 6) is 0. The van der Waals surface area contributed by atoms with Crippen LogP contribution in [0.5, 0.6) is 0 Å². The molecule has 0 aliphatic carbocycles. The number of nitrogens with one attached hydrogen (secondary N) is 1. The topological polar surface area (TPSA) is 83.6 Å². The Hall–Kier alpha value is -0.960. The number of nitrogens with zero attached hydrogens (tertiary/aromatic N) is 1. The van der Waals surface area contributed by atoms with E-state index in [0.29, 0.717) is 12.1 Å². The Balaban J connectivity index is 2.75. The SMILES string of the molecule is CCCCN(CCNS(=O)(=O)c1ccc(C)cc1C)S(C)(=O)=O. The summed E-state index contributed by atoms with van der Waals surface area (Å²) in [5, 5.41) is 0. The van der Waals surface area contributed by atoms with Gasteiger partial charge in [0.15, 0.2) is 0 Å². The molecule has 1 N–H and O–H groups in total. The fraction of sp³-hybridized carbons (Fsp3) is 0.600. The van der Waals surface area contributed by atoms with E-state index in [-0.39, 0.29) is 18.0 Å². The highest BCUT2D eigenvalue weighted by molar-refractivity contribution is 7.89. The molecule has 0 heterocycles. The van der Waals surface area contributed by atoms with Crippen LogP contribution in [-0.4, -0.2) is 47.0 Å². The Morgan fingerprint density at radius 1 is 1.09 bits per heavy atom. The number of hydrogen-bond acceptors (Lipinski definition) is 4. The summed E-state index contributed by atoms with van der Waals surface area (Å²) in [4.78, 5) is 0.225. The number of unbranched alkanes of at least 4 members (excludes halogenated alkanes) is 1. The van der Waals surface area contributed by atoms with Gasteiger partial charge >= 0.3 is 0 Å². The maximum Gasteiger partial charge on any atom is 0.240 e. The molecule has 1 rings (SSSR count). The second-order valence-corrected chi connectivity index (χ2v) is 9.40. The first-order chi connectivity index (χ1) is 10.6. The van der Waals surface area contributed by atoms with Crippen molar-refractivity contribution in [2.75, 3.05) is 25.9 Å². The summed E-state index contributed by atoms with van der Waals surface area (Å²) in [6.45, 7) is 6.19. The monoisotopic (exact) mass is 362 g/mol.